The molecule has 0 amide bonds. The van der Waals surface area contributed by atoms with E-state index >= 15 is 0 Å². The van der Waals surface area contributed by atoms with Crippen LogP contribution in [-0.2, 0) is 9.47 Å². The zero-order valence-corrected chi connectivity index (χ0v) is 7.62. The van der Waals surface area contributed by atoms with Gasteiger partial charge in [-0.1, -0.05) is 11.6 Å². The average molecular weight is 179 g/mol. The quantitative estimate of drug-likeness (QED) is 0.666. The number of anilines is 1. The Bertz CT molecular complexity index is 306. The highest BCUT2D eigenvalue weighted by Gasteiger charge is 2.20. The lowest BCUT2D eigenvalue weighted by atomic mass is 10.1. The molecule has 0 bridgehead atoms. The second kappa shape index (κ2) is 3.36. The van der Waals surface area contributed by atoms with E-state index in [4.69, 9.17) is 15.2 Å². The number of hydrogen-bond acceptors (Lipinski definition) is 3. The molecule has 1 saturated heterocycles. The van der Waals surface area contributed by atoms with E-state index < -0.39 is 0 Å². The maximum Gasteiger partial charge on any atom is 0.186 e. The van der Waals surface area contributed by atoms with Gasteiger partial charge in [0.1, 0.15) is 0 Å². The first-order valence-corrected chi connectivity index (χ1v) is 4.36. The highest BCUT2D eigenvalue weighted by molar-refractivity contribution is 5.49. The number of ether oxygens (including phenoxy) is 2. The molecule has 13 heavy (non-hydrogen) atoms. The van der Waals surface area contributed by atoms with Gasteiger partial charge in [-0.05, 0) is 19.1 Å². The van der Waals surface area contributed by atoms with Crippen LogP contribution in [0.3, 0.4) is 0 Å². The minimum Gasteiger partial charge on any atom is -0.398 e. The molecule has 0 atom stereocenters. The van der Waals surface area contributed by atoms with Gasteiger partial charge in [0.2, 0.25) is 0 Å². The maximum absolute atomic E-state index is 5.81. The fourth-order valence-corrected chi connectivity index (χ4v) is 1.44. The topological polar surface area (TPSA) is 44.5 Å². The molecule has 0 aliphatic carbocycles. The van der Waals surface area contributed by atoms with E-state index in [9.17, 15) is 0 Å². The third-order valence-electron chi connectivity index (χ3n) is 2.12. The van der Waals surface area contributed by atoms with Gasteiger partial charge in [0.25, 0.3) is 0 Å². The second-order valence-electron chi connectivity index (χ2n) is 3.21. The van der Waals surface area contributed by atoms with E-state index in [-0.39, 0.29) is 6.29 Å². The van der Waals surface area contributed by atoms with E-state index in [1.165, 1.54) is 5.56 Å². The molecule has 2 N–H and O–H groups in total. The Morgan fingerprint density at radius 2 is 2.00 bits per heavy atom. The van der Waals surface area contributed by atoms with Crippen LogP contribution in [0, 0.1) is 6.92 Å². The van der Waals surface area contributed by atoms with Crippen LogP contribution in [-0.4, -0.2) is 13.2 Å². The molecule has 0 saturated carbocycles. The molecule has 1 aromatic rings. The van der Waals surface area contributed by atoms with Crippen LogP contribution in [0.4, 0.5) is 5.69 Å². The summed E-state index contributed by atoms with van der Waals surface area (Å²) in [5.74, 6) is 0. The van der Waals surface area contributed by atoms with Crippen LogP contribution in [0.25, 0.3) is 0 Å². The first-order valence-electron chi connectivity index (χ1n) is 4.36. The molecule has 3 heteroatoms. The molecule has 3 nitrogen and oxygen atoms in total. The zero-order chi connectivity index (χ0) is 9.26. The van der Waals surface area contributed by atoms with E-state index in [1.54, 1.807) is 0 Å². The highest BCUT2D eigenvalue weighted by atomic mass is 16.7. The van der Waals surface area contributed by atoms with Crippen molar-refractivity contribution < 1.29 is 9.47 Å². The van der Waals surface area contributed by atoms with E-state index in [1.807, 2.05) is 25.1 Å². The lowest BCUT2D eigenvalue weighted by molar-refractivity contribution is -0.0435. The van der Waals surface area contributed by atoms with Crippen molar-refractivity contribution in [1.29, 1.82) is 0 Å². The van der Waals surface area contributed by atoms with Crippen molar-refractivity contribution in [3.05, 3.63) is 29.3 Å². The van der Waals surface area contributed by atoms with Crippen molar-refractivity contribution >= 4 is 5.69 Å². The number of nitrogens with two attached hydrogens (primary N) is 1. The summed E-state index contributed by atoms with van der Waals surface area (Å²) in [5.41, 5.74) is 8.65. The van der Waals surface area contributed by atoms with Crippen molar-refractivity contribution in [2.24, 2.45) is 0 Å². The molecule has 1 aliphatic rings. The molecule has 2 rings (SSSR count). The van der Waals surface area contributed by atoms with Crippen LogP contribution in [0.2, 0.25) is 0 Å². The van der Waals surface area contributed by atoms with Gasteiger partial charge < -0.3 is 15.2 Å². The third kappa shape index (κ3) is 1.66. The molecule has 0 spiro atoms. The number of nitrogen functional groups attached to an aromatic ring is 1. The molecule has 1 aliphatic heterocycles. The van der Waals surface area contributed by atoms with Gasteiger partial charge in [-0.3, -0.25) is 0 Å². The summed E-state index contributed by atoms with van der Waals surface area (Å²) in [6.07, 6.45) is -0.264. The molecule has 1 aromatic carbocycles. The first kappa shape index (κ1) is 8.53. The number of rotatable bonds is 1. The summed E-state index contributed by atoms with van der Waals surface area (Å²) in [7, 11) is 0. The Kier molecular flexibility index (Phi) is 2.20. The smallest absolute Gasteiger partial charge is 0.186 e. The fraction of sp³-hybridized carbons (Fsp3) is 0.400. The largest absolute Gasteiger partial charge is 0.398 e. The van der Waals surface area contributed by atoms with E-state index in [0.29, 0.717) is 13.2 Å². The van der Waals surface area contributed by atoms with Gasteiger partial charge >= 0.3 is 0 Å². The molecule has 0 aromatic heterocycles. The van der Waals surface area contributed by atoms with Crippen molar-refractivity contribution in [3.8, 4) is 0 Å². The van der Waals surface area contributed by atoms with Crippen molar-refractivity contribution in [2.75, 3.05) is 18.9 Å². The summed E-state index contributed by atoms with van der Waals surface area (Å²) >= 11 is 0. The molecule has 1 heterocycles. The second-order valence-corrected chi connectivity index (χ2v) is 3.21. The van der Waals surface area contributed by atoms with Crippen LogP contribution in [0.1, 0.15) is 17.4 Å². The number of hydrogen-bond donors (Lipinski definition) is 1. The van der Waals surface area contributed by atoms with Crippen molar-refractivity contribution in [3.63, 3.8) is 0 Å². The van der Waals surface area contributed by atoms with Gasteiger partial charge in [0.15, 0.2) is 6.29 Å². The summed E-state index contributed by atoms with van der Waals surface area (Å²) in [6, 6.07) is 5.87. The Morgan fingerprint density at radius 3 is 2.69 bits per heavy atom. The van der Waals surface area contributed by atoms with Gasteiger partial charge in [-0.2, -0.15) is 0 Å². The van der Waals surface area contributed by atoms with Crippen LogP contribution < -0.4 is 5.73 Å². The fourth-order valence-electron chi connectivity index (χ4n) is 1.44. The van der Waals surface area contributed by atoms with Gasteiger partial charge in [-0.15, -0.1) is 0 Å². The predicted octanol–water partition coefficient (Wildman–Crippen LogP) is 1.62. The lowest BCUT2D eigenvalue weighted by Gasteiger charge is -2.12. The van der Waals surface area contributed by atoms with Crippen molar-refractivity contribution in [2.45, 2.75) is 13.2 Å². The minimum atomic E-state index is -0.264. The predicted molar refractivity (Wildman–Crippen MR) is 50.2 cm³/mol. The molecular formula is C10H13NO2. The monoisotopic (exact) mass is 179 g/mol. The molecular weight excluding hydrogens is 166 g/mol. The maximum atomic E-state index is 5.81. The first-order chi connectivity index (χ1) is 6.27. The Hall–Kier alpha value is -1.06. The molecule has 70 valence electrons. The molecule has 0 unspecified atom stereocenters. The van der Waals surface area contributed by atoms with E-state index in [0.717, 1.165) is 11.3 Å². The SMILES string of the molecule is Cc1ccc(N)c(C2OCCO2)c1. The number of benzene rings is 1. The molecule has 1 fully saturated rings. The summed E-state index contributed by atoms with van der Waals surface area (Å²) in [4.78, 5) is 0. The van der Waals surface area contributed by atoms with Crippen molar-refractivity contribution in [1.82, 2.24) is 0 Å². The Balaban J connectivity index is 2.32. The Labute approximate surface area is 77.5 Å². The standard InChI is InChI=1S/C10H13NO2/c1-7-2-3-9(11)8(6-7)10-12-4-5-13-10/h2-3,6,10H,4-5,11H2,1H3. The summed E-state index contributed by atoms with van der Waals surface area (Å²) < 4.78 is 10.7. The molecule has 0 radical (unpaired) electrons. The third-order valence-corrected chi connectivity index (χ3v) is 2.12. The lowest BCUT2D eigenvalue weighted by Crippen LogP contribution is -2.03. The van der Waals surface area contributed by atoms with Gasteiger partial charge in [0, 0.05) is 11.3 Å². The van der Waals surface area contributed by atoms with Crippen LogP contribution in [0.5, 0.6) is 0 Å². The van der Waals surface area contributed by atoms with Crippen LogP contribution in [0.15, 0.2) is 18.2 Å². The average Bonchev–Trinajstić information content (AvgIpc) is 2.61. The highest BCUT2D eigenvalue weighted by Crippen LogP contribution is 2.28. The Morgan fingerprint density at radius 1 is 1.31 bits per heavy atom. The van der Waals surface area contributed by atoms with Crippen LogP contribution >= 0.6 is 0 Å². The summed E-state index contributed by atoms with van der Waals surface area (Å²) in [6.45, 7) is 3.33. The summed E-state index contributed by atoms with van der Waals surface area (Å²) in [5, 5.41) is 0. The minimum absolute atomic E-state index is 0.264. The van der Waals surface area contributed by atoms with E-state index in [2.05, 4.69) is 0 Å². The van der Waals surface area contributed by atoms with Gasteiger partial charge in [-0.25, -0.2) is 0 Å². The zero-order valence-electron chi connectivity index (χ0n) is 7.62. The number of aryl methyl sites for hydroxylation is 1. The normalized spacial score (nSPS) is 17.9. The van der Waals surface area contributed by atoms with Gasteiger partial charge in [0.05, 0.1) is 13.2 Å².